The topological polar surface area (TPSA) is 103 Å². The molecule has 0 bridgehead atoms. The summed E-state index contributed by atoms with van der Waals surface area (Å²) in [4.78, 5) is 20.9. The molecule has 1 saturated heterocycles. The highest BCUT2D eigenvalue weighted by Crippen LogP contribution is 2.18. The molecular weight excluding hydrogens is 459 g/mol. The molecule has 8 nitrogen and oxygen atoms in total. The highest BCUT2D eigenvalue weighted by atomic mass is 19.4. The molecule has 0 aromatic carbocycles. The van der Waals surface area contributed by atoms with Gasteiger partial charge in [0.1, 0.15) is 12.6 Å². The number of aliphatic carboxylic acids is 1. The predicted octanol–water partition coefficient (Wildman–Crippen LogP) is 4.23. The zero-order chi connectivity index (χ0) is 26.0. The van der Waals surface area contributed by atoms with Gasteiger partial charge in [-0.15, -0.1) is 0 Å². The van der Waals surface area contributed by atoms with E-state index in [0.717, 1.165) is 63.9 Å². The standard InChI is InChI=1S/C21H39NO5.C2HF3O2/c1-5-7-11-19(26-13-8-6-2)20(24-4)14-17(3)22-15-21(23)27-18-10-9-12-25-16-18;3-2(4,5)1(6)7/h18-20,22H,3,5-16H2,1-2,4H3;(H,6,7)/t18-,19-,20+;/m1./s1. The van der Waals surface area contributed by atoms with E-state index in [9.17, 15) is 18.0 Å². The van der Waals surface area contributed by atoms with E-state index < -0.39 is 12.1 Å². The van der Waals surface area contributed by atoms with Crippen molar-refractivity contribution in [1.82, 2.24) is 5.32 Å². The summed E-state index contributed by atoms with van der Waals surface area (Å²) in [5.41, 5.74) is 0.763. The Bertz CT molecular complexity index is 581. The lowest BCUT2D eigenvalue weighted by Gasteiger charge is -2.27. The minimum atomic E-state index is -5.08. The van der Waals surface area contributed by atoms with Crippen LogP contribution in [0.25, 0.3) is 0 Å². The Kier molecular flexibility index (Phi) is 17.5. The molecule has 34 heavy (non-hydrogen) atoms. The van der Waals surface area contributed by atoms with Crippen molar-refractivity contribution in [3.05, 3.63) is 12.3 Å². The molecule has 0 amide bonds. The smallest absolute Gasteiger partial charge is 0.475 e. The van der Waals surface area contributed by atoms with Crippen molar-refractivity contribution in [2.24, 2.45) is 0 Å². The average Bonchev–Trinajstić information content (AvgIpc) is 2.79. The summed E-state index contributed by atoms with van der Waals surface area (Å²) >= 11 is 0. The molecule has 2 N–H and O–H groups in total. The number of halogens is 3. The number of ether oxygens (including phenoxy) is 4. The summed E-state index contributed by atoms with van der Waals surface area (Å²) in [6, 6.07) is 0. The van der Waals surface area contributed by atoms with Crippen molar-refractivity contribution in [2.45, 2.75) is 89.7 Å². The minimum Gasteiger partial charge on any atom is -0.475 e. The number of esters is 1. The Hall–Kier alpha value is -1.85. The highest BCUT2D eigenvalue weighted by molar-refractivity contribution is 5.73. The fraction of sp³-hybridized carbons (Fsp3) is 0.826. The maximum atomic E-state index is 12.0. The quantitative estimate of drug-likeness (QED) is 0.255. The number of methoxy groups -OCH3 is 1. The van der Waals surface area contributed by atoms with E-state index >= 15 is 0 Å². The molecule has 3 atom stereocenters. The van der Waals surface area contributed by atoms with E-state index in [1.54, 1.807) is 7.11 Å². The molecule has 0 spiro atoms. The first-order valence-corrected chi connectivity index (χ1v) is 11.7. The molecule has 1 aliphatic rings. The summed E-state index contributed by atoms with van der Waals surface area (Å²) in [6.45, 7) is 10.5. The van der Waals surface area contributed by atoms with Gasteiger partial charge < -0.3 is 29.4 Å². The third-order valence-corrected chi connectivity index (χ3v) is 4.98. The van der Waals surface area contributed by atoms with E-state index in [1.165, 1.54) is 0 Å². The first-order valence-electron chi connectivity index (χ1n) is 11.7. The van der Waals surface area contributed by atoms with Gasteiger partial charge >= 0.3 is 18.1 Å². The molecule has 0 unspecified atom stereocenters. The zero-order valence-corrected chi connectivity index (χ0v) is 20.5. The van der Waals surface area contributed by atoms with Gasteiger partial charge in [-0.2, -0.15) is 13.2 Å². The highest BCUT2D eigenvalue weighted by Gasteiger charge is 2.38. The zero-order valence-electron chi connectivity index (χ0n) is 20.5. The fourth-order valence-corrected chi connectivity index (χ4v) is 3.07. The number of rotatable bonds is 15. The maximum Gasteiger partial charge on any atom is 0.490 e. The van der Waals surface area contributed by atoms with Gasteiger partial charge in [0.05, 0.1) is 18.8 Å². The van der Waals surface area contributed by atoms with Crippen molar-refractivity contribution in [3.8, 4) is 0 Å². The van der Waals surface area contributed by atoms with Crippen molar-refractivity contribution in [3.63, 3.8) is 0 Å². The molecule has 0 saturated carbocycles. The lowest BCUT2D eigenvalue weighted by atomic mass is 10.0. The molecule has 1 rings (SSSR count). The van der Waals surface area contributed by atoms with Crippen LogP contribution in [0.15, 0.2) is 12.3 Å². The number of hydrogen-bond acceptors (Lipinski definition) is 7. The van der Waals surface area contributed by atoms with Crippen molar-refractivity contribution < 1.29 is 46.8 Å². The Morgan fingerprint density at radius 1 is 1.21 bits per heavy atom. The Morgan fingerprint density at radius 3 is 2.35 bits per heavy atom. The van der Waals surface area contributed by atoms with E-state index in [4.69, 9.17) is 28.8 Å². The first kappa shape index (κ1) is 32.1. The normalized spacial score (nSPS) is 17.6. The van der Waals surface area contributed by atoms with Gasteiger partial charge in [0.2, 0.25) is 0 Å². The van der Waals surface area contributed by atoms with Gasteiger partial charge in [0, 0.05) is 32.4 Å². The molecule has 1 aliphatic heterocycles. The van der Waals surface area contributed by atoms with Crippen molar-refractivity contribution in [1.29, 1.82) is 0 Å². The van der Waals surface area contributed by atoms with Gasteiger partial charge in [-0.05, 0) is 25.7 Å². The van der Waals surface area contributed by atoms with Gasteiger partial charge in [0.25, 0.3) is 0 Å². The van der Waals surface area contributed by atoms with E-state index in [0.29, 0.717) is 13.0 Å². The van der Waals surface area contributed by atoms with Gasteiger partial charge in [-0.3, -0.25) is 4.79 Å². The lowest BCUT2D eigenvalue weighted by molar-refractivity contribution is -0.192. The largest absolute Gasteiger partial charge is 0.490 e. The van der Waals surface area contributed by atoms with Crippen LogP contribution in [-0.4, -0.2) is 75.0 Å². The number of unbranched alkanes of at least 4 members (excludes halogenated alkanes) is 2. The minimum absolute atomic E-state index is 0.0476. The van der Waals surface area contributed by atoms with Crippen molar-refractivity contribution in [2.75, 3.05) is 33.5 Å². The third kappa shape index (κ3) is 15.9. The van der Waals surface area contributed by atoms with Crippen LogP contribution in [0, 0.1) is 0 Å². The molecule has 0 aromatic rings. The molecule has 200 valence electrons. The van der Waals surface area contributed by atoms with Gasteiger partial charge in [-0.1, -0.05) is 39.7 Å². The second kappa shape index (κ2) is 18.5. The molecule has 0 radical (unpaired) electrons. The first-order chi connectivity index (χ1) is 16.0. The second-order valence-corrected chi connectivity index (χ2v) is 7.97. The van der Waals surface area contributed by atoms with Crippen LogP contribution >= 0.6 is 0 Å². The Balaban J connectivity index is 0.00000135. The number of hydrogen-bond donors (Lipinski definition) is 2. The number of carboxylic acid groups (broad SMARTS) is 1. The number of alkyl halides is 3. The molecule has 1 fully saturated rings. The summed E-state index contributed by atoms with van der Waals surface area (Å²) in [7, 11) is 1.71. The van der Waals surface area contributed by atoms with Crippen LogP contribution in [0.1, 0.15) is 65.2 Å². The summed E-state index contributed by atoms with van der Waals surface area (Å²) in [6.07, 6.45) is 2.53. The van der Waals surface area contributed by atoms with Crippen LogP contribution in [0.5, 0.6) is 0 Å². The predicted molar refractivity (Wildman–Crippen MR) is 120 cm³/mol. The molecule has 0 aliphatic carbocycles. The Labute approximate surface area is 200 Å². The van der Waals surface area contributed by atoms with Crippen LogP contribution in [0.3, 0.4) is 0 Å². The average molecular weight is 500 g/mol. The number of carboxylic acids is 1. The summed E-state index contributed by atoms with van der Waals surface area (Å²) in [5, 5.41) is 10.2. The van der Waals surface area contributed by atoms with Crippen LogP contribution in [-0.2, 0) is 28.5 Å². The molecular formula is C23H40F3NO7. The SMILES string of the molecule is C=C(C[C@H](OC)[C@@H](CCCC)OCCCC)NCC(=O)O[C@@H]1CCCOC1.O=C(O)C(F)(F)F. The monoisotopic (exact) mass is 499 g/mol. The van der Waals surface area contributed by atoms with Crippen LogP contribution in [0.4, 0.5) is 13.2 Å². The maximum absolute atomic E-state index is 12.0. The summed E-state index contributed by atoms with van der Waals surface area (Å²) < 4.78 is 54.2. The van der Waals surface area contributed by atoms with E-state index in [2.05, 4.69) is 25.7 Å². The van der Waals surface area contributed by atoms with E-state index in [1.807, 2.05) is 0 Å². The third-order valence-electron chi connectivity index (χ3n) is 4.98. The van der Waals surface area contributed by atoms with Gasteiger partial charge in [-0.25, -0.2) is 4.79 Å². The lowest BCUT2D eigenvalue weighted by Crippen LogP contribution is -2.35. The number of carbonyl (C=O) groups excluding carboxylic acids is 1. The van der Waals surface area contributed by atoms with E-state index in [-0.39, 0.29) is 30.8 Å². The van der Waals surface area contributed by atoms with Crippen LogP contribution < -0.4 is 5.32 Å². The van der Waals surface area contributed by atoms with Gasteiger partial charge in [0.15, 0.2) is 0 Å². The summed E-state index contributed by atoms with van der Waals surface area (Å²) in [5.74, 6) is -3.03. The molecule has 11 heteroatoms. The molecule has 1 heterocycles. The van der Waals surface area contributed by atoms with Crippen molar-refractivity contribution >= 4 is 11.9 Å². The second-order valence-electron chi connectivity index (χ2n) is 7.97. The number of nitrogens with one attached hydrogen (secondary N) is 1. The Morgan fingerprint density at radius 2 is 1.85 bits per heavy atom. The van der Waals surface area contributed by atoms with Crippen LogP contribution in [0.2, 0.25) is 0 Å². The molecule has 0 aromatic heterocycles. The fourth-order valence-electron chi connectivity index (χ4n) is 3.07. The number of carbonyl (C=O) groups is 2.